The molecule has 2 heterocycles. The van der Waals surface area contributed by atoms with E-state index in [9.17, 15) is 13.2 Å². The number of nitrogens with zero attached hydrogens (tertiary/aromatic N) is 3. The van der Waals surface area contributed by atoms with E-state index in [1.54, 1.807) is 12.1 Å². The molecular formula is C25H22N4O3S. The van der Waals surface area contributed by atoms with Crippen molar-refractivity contribution in [3.8, 4) is 0 Å². The van der Waals surface area contributed by atoms with Crippen LogP contribution in [0.5, 0.6) is 0 Å². The summed E-state index contributed by atoms with van der Waals surface area (Å²) in [6.07, 6.45) is 0. The summed E-state index contributed by atoms with van der Waals surface area (Å²) in [6.45, 7) is 1.94. The highest BCUT2D eigenvalue weighted by molar-refractivity contribution is 7.89. The normalized spacial score (nSPS) is 12.1. The second-order valence-electron chi connectivity index (χ2n) is 8.02. The second-order valence-corrected chi connectivity index (χ2v) is 10.2. The van der Waals surface area contributed by atoms with Crippen molar-refractivity contribution in [2.24, 2.45) is 0 Å². The minimum Gasteiger partial charge on any atom is -0.320 e. The molecule has 5 rings (SSSR count). The van der Waals surface area contributed by atoms with Gasteiger partial charge in [0.2, 0.25) is 10.0 Å². The van der Waals surface area contributed by atoms with Crippen LogP contribution in [0.2, 0.25) is 0 Å². The van der Waals surface area contributed by atoms with Gasteiger partial charge in [-0.05, 0) is 37.3 Å². The van der Waals surface area contributed by atoms with E-state index in [0.29, 0.717) is 5.69 Å². The first-order chi connectivity index (χ1) is 15.8. The van der Waals surface area contributed by atoms with Gasteiger partial charge in [-0.1, -0.05) is 42.5 Å². The van der Waals surface area contributed by atoms with Crippen molar-refractivity contribution >= 4 is 48.9 Å². The van der Waals surface area contributed by atoms with Crippen molar-refractivity contribution in [3.63, 3.8) is 0 Å². The maximum Gasteiger partial charge on any atom is 0.255 e. The molecule has 0 bridgehead atoms. The van der Waals surface area contributed by atoms with E-state index in [-0.39, 0.29) is 16.4 Å². The molecule has 0 unspecified atom stereocenters. The van der Waals surface area contributed by atoms with Gasteiger partial charge >= 0.3 is 0 Å². The number of para-hydroxylation sites is 2. The first kappa shape index (κ1) is 21.1. The zero-order valence-corrected chi connectivity index (χ0v) is 19.2. The molecule has 0 aliphatic carbocycles. The fourth-order valence-corrected chi connectivity index (χ4v) is 5.10. The van der Waals surface area contributed by atoms with Crippen LogP contribution in [-0.4, -0.2) is 42.1 Å². The number of aryl methyl sites for hydroxylation is 1. The monoisotopic (exact) mass is 458 g/mol. The highest BCUT2D eigenvalue weighted by Crippen LogP contribution is 2.36. The van der Waals surface area contributed by atoms with E-state index in [1.165, 1.54) is 26.2 Å². The lowest BCUT2D eigenvalue weighted by Gasteiger charge is -2.12. The predicted octanol–water partition coefficient (Wildman–Crippen LogP) is 4.45. The lowest BCUT2D eigenvalue weighted by molar-refractivity contribution is 0.102. The molecule has 5 aromatic rings. The van der Waals surface area contributed by atoms with Crippen LogP contribution < -0.4 is 5.32 Å². The molecule has 8 heteroatoms. The Morgan fingerprint density at radius 3 is 2.39 bits per heavy atom. The zero-order valence-electron chi connectivity index (χ0n) is 18.4. The van der Waals surface area contributed by atoms with Gasteiger partial charge in [-0.3, -0.25) is 9.20 Å². The van der Waals surface area contributed by atoms with Crippen molar-refractivity contribution in [1.29, 1.82) is 0 Å². The number of fused-ring (bicyclic) bond motifs is 5. The third-order valence-corrected chi connectivity index (χ3v) is 7.56. The summed E-state index contributed by atoms with van der Waals surface area (Å²) in [5, 5.41) is 4.85. The molecule has 0 aliphatic rings. The van der Waals surface area contributed by atoms with Gasteiger partial charge < -0.3 is 5.32 Å². The molecule has 3 aromatic carbocycles. The van der Waals surface area contributed by atoms with Crippen LogP contribution in [-0.2, 0) is 10.0 Å². The van der Waals surface area contributed by atoms with Gasteiger partial charge in [0, 0.05) is 30.4 Å². The van der Waals surface area contributed by atoms with Gasteiger partial charge in [-0.2, -0.15) is 0 Å². The van der Waals surface area contributed by atoms with Crippen molar-refractivity contribution < 1.29 is 13.2 Å². The number of nitrogens with one attached hydrogen (secondary N) is 1. The molecule has 1 N–H and O–H groups in total. The Balaban J connectivity index is 1.71. The van der Waals surface area contributed by atoms with Crippen LogP contribution in [0.15, 0.2) is 77.7 Å². The Labute approximate surface area is 191 Å². The number of benzene rings is 3. The first-order valence-electron chi connectivity index (χ1n) is 10.4. The molecule has 0 spiro atoms. The SMILES string of the molecule is Cc1nc2ccccc2c2c(NC(=O)c3cccc(S(=O)(=O)N(C)C)c3)c3ccccc3n12. The molecule has 7 nitrogen and oxygen atoms in total. The number of rotatable bonds is 4. The van der Waals surface area contributed by atoms with E-state index in [0.717, 1.165) is 37.5 Å². The van der Waals surface area contributed by atoms with Crippen LogP contribution >= 0.6 is 0 Å². The fourth-order valence-electron chi connectivity index (χ4n) is 4.15. The van der Waals surface area contributed by atoms with Gasteiger partial charge in [0.15, 0.2) is 0 Å². The highest BCUT2D eigenvalue weighted by Gasteiger charge is 2.21. The summed E-state index contributed by atoms with van der Waals surface area (Å²) in [5.41, 5.74) is 3.54. The molecule has 33 heavy (non-hydrogen) atoms. The van der Waals surface area contributed by atoms with Crippen molar-refractivity contribution in [2.75, 3.05) is 19.4 Å². The third-order valence-electron chi connectivity index (χ3n) is 5.75. The Bertz CT molecular complexity index is 1670. The molecule has 0 saturated heterocycles. The molecule has 0 fully saturated rings. The van der Waals surface area contributed by atoms with E-state index in [1.807, 2.05) is 59.9 Å². The molecule has 0 saturated carbocycles. The Morgan fingerprint density at radius 1 is 0.939 bits per heavy atom. The standard InChI is InChI=1S/C25H22N4O3S/c1-16-26-21-13-6-4-11-19(21)24-23(20-12-5-7-14-22(20)29(16)24)27-25(30)17-9-8-10-18(15-17)33(31,32)28(2)3/h4-15H,1-3H3,(H,27,30). The van der Waals surface area contributed by atoms with Crippen molar-refractivity contribution in [1.82, 2.24) is 13.7 Å². The molecular weight excluding hydrogens is 436 g/mol. The Hall–Kier alpha value is -3.75. The highest BCUT2D eigenvalue weighted by atomic mass is 32.2. The summed E-state index contributed by atoms with van der Waals surface area (Å²) in [5.74, 6) is 0.419. The third kappa shape index (κ3) is 3.35. The van der Waals surface area contributed by atoms with E-state index >= 15 is 0 Å². The van der Waals surface area contributed by atoms with Gasteiger partial charge in [-0.25, -0.2) is 17.7 Å². The Morgan fingerprint density at radius 2 is 1.64 bits per heavy atom. The van der Waals surface area contributed by atoms with Gasteiger partial charge in [-0.15, -0.1) is 0 Å². The van der Waals surface area contributed by atoms with Crippen LogP contribution in [0, 0.1) is 6.92 Å². The predicted molar refractivity (Wildman–Crippen MR) is 130 cm³/mol. The summed E-state index contributed by atoms with van der Waals surface area (Å²) >= 11 is 0. The summed E-state index contributed by atoms with van der Waals surface area (Å²) in [4.78, 5) is 18.1. The number of amides is 1. The molecule has 0 aliphatic heterocycles. The number of hydrogen-bond donors (Lipinski definition) is 1. The zero-order chi connectivity index (χ0) is 23.3. The molecule has 0 radical (unpaired) electrons. The molecule has 166 valence electrons. The van der Waals surface area contributed by atoms with Gasteiger partial charge in [0.05, 0.1) is 27.1 Å². The van der Waals surface area contributed by atoms with E-state index < -0.39 is 10.0 Å². The summed E-state index contributed by atoms with van der Waals surface area (Å²) in [7, 11) is -0.735. The van der Waals surface area contributed by atoms with Crippen molar-refractivity contribution in [3.05, 3.63) is 84.2 Å². The lowest BCUT2D eigenvalue weighted by atomic mass is 10.1. The maximum absolute atomic E-state index is 13.3. The maximum atomic E-state index is 13.3. The van der Waals surface area contributed by atoms with E-state index in [4.69, 9.17) is 4.98 Å². The topological polar surface area (TPSA) is 83.8 Å². The van der Waals surface area contributed by atoms with Crippen LogP contribution in [0.25, 0.3) is 27.3 Å². The average Bonchev–Trinajstić information content (AvgIpc) is 3.14. The van der Waals surface area contributed by atoms with E-state index in [2.05, 4.69) is 5.32 Å². The molecule has 0 atom stereocenters. The second kappa shape index (κ2) is 7.68. The first-order valence-corrected chi connectivity index (χ1v) is 11.9. The smallest absolute Gasteiger partial charge is 0.255 e. The number of hydrogen-bond acceptors (Lipinski definition) is 4. The minimum atomic E-state index is -3.66. The van der Waals surface area contributed by atoms with Crippen LogP contribution in [0.1, 0.15) is 16.2 Å². The average molecular weight is 459 g/mol. The lowest BCUT2D eigenvalue weighted by Crippen LogP contribution is -2.22. The van der Waals surface area contributed by atoms with Gasteiger partial charge in [0.1, 0.15) is 5.82 Å². The van der Waals surface area contributed by atoms with Gasteiger partial charge in [0.25, 0.3) is 5.91 Å². The fraction of sp³-hybridized carbons (Fsp3) is 0.120. The van der Waals surface area contributed by atoms with Crippen molar-refractivity contribution in [2.45, 2.75) is 11.8 Å². The quantitative estimate of drug-likeness (QED) is 0.431. The number of carbonyl (C=O) groups is 1. The Kier molecular flexibility index (Phi) is 4.92. The molecule has 1 amide bonds. The molecule has 2 aromatic heterocycles. The largest absolute Gasteiger partial charge is 0.320 e. The number of aromatic nitrogens is 2. The van der Waals surface area contributed by atoms with Crippen LogP contribution in [0.4, 0.5) is 5.69 Å². The number of anilines is 1. The summed E-state index contributed by atoms with van der Waals surface area (Å²) in [6, 6.07) is 21.7. The summed E-state index contributed by atoms with van der Waals surface area (Å²) < 4.78 is 28.3. The minimum absolute atomic E-state index is 0.0669. The number of carbonyl (C=O) groups excluding carboxylic acids is 1. The number of sulfonamides is 1. The van der Waals surface area contributed by atoms with Crippen LogP contribution in [0.3, 0.4) is 0 Å².